The van der Waals surface area contributed by atoms with Crippen LogP contribution in [-0.2, 0) is 16.1 Å². The van der Waals surface area contributed by atoms with Crippen molar-refractivity contribution in [2.75, 3.05) is 12.4 Å². The van der Waals surface area contributed by atoms with Gasteiger partial charge in [0.05, 0.1) is 12.7 Å². The number of esters is 1. The summed E-state index contributed by atoms with van der Waals surface area (Å²) in [5.74, 6) is -0.378. The van der Waals surface area contributed by atoms with E-state index in [-0.39, 0.29) is 18.2 Å². The van der Waals surface area contributed by atoms with E-state index in [1.54, 1.807) is 55.5 Å². The van der Waals surface area contributed by atoms with Crippen LogP contribution >= 0.6 is 0 Å². The fraction of sp³-hybridized carbons (Fsp3) is 0.200. The predicted molar refractivity (Wildman–Crippen MR) is 104 cm³/mol. The van der Waals surface area contributed by atoms with E-state index in [0.29, 0.717) is 34.6 Å². The number of Topliss-reactive ketones (excluding diaryl/α,β-unsaturated/α-hetero) is 1. The van der Waals surface area contributed by atoms with Crippen LogP contribution in [0.3, 0.4) is 0 Å². The molecule has 0 radical (unpaired) electrons. The number of amides is 1. The standard InChI is InChI=1S/C20H19N5O4/c1-3-18(27)21-16-10-8-13(9-11-16)17(26)12-25-23-19(22-24-25)14-4-6-15(7-5-14)20(28)29-2/h4-11H,3,12H2,1-2H3,(H,21,27). The Labute approximate surface area is 166 Å². The van der Waals surface area contributed by atoms with Crippen LogP contribution in [0.5, 0.6) is 0 Å². The van der Waals surface area contributed by atoms with Crippen molar-refractivity contribution in [3.05, 3.63) is 59.7 Å². The number of carbonyl (C=O) groups is 3. The summed E-state index contributed by atoms with van der Waals surface area (Å²) < 4.78 is 4.66. The molecule has 0 unspecified atom stereocenters. The topological polar surface area (TPSA) is 116 Å². The van der Waals surface area contributed by atoms with Gasteiger partial charge in [-0.25, -0.2) is 4.79 Å². The highest BCUT2D eigenvalue weighted by Gasteiger charge is 2.12. The van der Waals surface area contributed by atoms with E-state index >= 15 is 0 Å². The second-order valence-electron chi connectivity index (χ2n) is 6.11. The van der Waals surface area contributed by atoms with Gasteiger partial charge in [-0.15, -0.1) is 10.2 Å². The number of nitrogens with one attached hydrogen (secondary N) is 1. The number of ether oxygens (including phenoxy) is 1. The van der Waals surface area contributed by atoms with Gasteiger partial charge in [-0.05, 0) is 41.6 Å². The lowest BCUT2D eigenvalue weighted by atomic mass is 10.1. The van der Waals surface area contributed by atoms with Gasteiger partial charge in [0.1, 0.15) is 6.54 Å². The normalized spacial score (nSPS) is 10.4. The number of aromatic nitrogens is 4. The molecule has 0 aliphatic carbocycles. The summed E-state index contributed by atoms with van der Waals surface area (Å²) >= 11 is 0. The van der Waals surface area contributed by atoms with E-state index < -0.39 is 5.97 Å². The lowest BCUT2D eigenvalue weighted by molar-refractivity contribution is -0.115. The molecule has 148 valence electrons. The number of tetrazole rings is 1. The molecule has 0 spiro atoms. The highest BCUT2D eigenvalue weighted by Crippen LogP contribution is 2.15. The third-order valence-electron chi connectivity index (χ3n) is 4.11. The Morgan fingerprint density at radius 1 is 1.00 bits per heavy atom. The maximum absolute atomic E-state index is 12.4. The molecular weight excluding hydrogens is 374 g/mol. The minimum atomic E-state index is -0.431. The molecule has 0 saturated carbocycles. The number of benzene rings is 2. The Morgan fingerprint density at radius 3 is 2.28 bits per heavy atom. The summed E-state index contributed by atoms with van der Waals surface area (Å²) in [5.41, 5.74) is 2.18. The van der Waals surface area contributed by atoms with Gasteiger partial charge in [-0.1, -0.05) is 19.1 Å². The molecule has 3 aromatic rings. The monoisotopic (exact) mass is 393 g/mol. The van der Waals surface area contributed by atoms with Crippen molar-refractivity contribution in [1.29, 1.82) is 0 Å². The van der Waals surface area contributed by atoms with Gasteiger partial charge >= 0.3 is 5.97 Å². The SMILES string of the molecule is CCC(=O)Nc1ccc(C(=O)Cn2nnc(-c3ccc(C(=O)OC)cc3)n2)cc1. The average molecular weight is 393 g/mol. The van der Waals surface area contributed by atoms with Crippen molar-refractivity contribution in [1.82, 2.24) is 20.2 Å². The Bertz CT molecular complexity index is 1030. The number of methoxy groups -OCH3 is 1. The summed E-state index contributed by atoms with van der Waals surface area (Å²) in [7, 11) is 1.31. The zero-order valence-corrected chi connectivity index (χ0v) is 16.0. The smallest absolute Gasteiger partial charge is 0.337 e. The summed E-state index contributed by atoms with van der Waals surface area (Å²) in [6, 6.07) is 13.2. The van der Waals surface area contributed by atoms with Gasteiger partial charge in [0.25, 0.3) is 0 Å². The Morgan fingerprint density at radius 2 is 1.66 bits per heavy atom. The fourth-order valence-electron chi connectivity index (χ4n) is 2.51. The first-order valence-corrected chi connectivity index (χ1v) is 8.90. The summed E-state index contributed by atoms with van der Waals surface area (Å²) in [6.45, 7) is 1.69. The number of hydrogen-bond acceptors (Lipinski definition) is 7. The van der Waals surface area contributed by atoms with Crippen molar-refractivity contribution >= 4 is 23.3 Å². The van der Waals surface area contributed by atoms with Crippen LogP contribution < -0.4 is 5.32 Å². The number of anilines is 1. The molecule has 0 bridgehead atoms. The van der Waals surface area contributed by atoms with E-state index in [2.05, 4.69) is 25.5 Å². The van der Waals surface area contributed by atoms with Crippen LogP contribution in [0, 0.1) is 0 Å². The lowest BCUT2D eigenvalue weighted by Gasteiger charge is -2.05. The third kappa shape index (κ3) is 4.89. The molecule has 9 heteroatoms. The molecule has 3 rings (SSSR count). The Hall–Kier alpha value is -3.88. The number of rotatable bonds is 7. The molecule has 0 atom stereocenters. The lowest BCUT2D eigenvalue weighted by Crippen LogP contribution is -2.14. The Balaban J connectivity index is 1.65. The maximum atomic E-state index is 12.4. The molecule has 0 saturated heterocycles. The van der Waals surface area contributed by atoms with E-state index in [1.165, 1.54) is 11.9 Å². The van der Waals surface area contributed by atoms with Crippen molar-refractivity contribution < 1.29 is 19.1 Å². The van der Waals surface area contributed by atoms with Gasteiger partial charge in [-0.2, -0.15) is 4.80 Å². The predicted octanol–water partition coefficient (Wildman–Crippen LogP) is 2.36. The zero-order valence-electron chi connectivity index (χ0n) is 16.0. The summed E-state index contributed by atoms with van der Waals surface area (Å²) in [5, 5.41) is 14.8. The molecule has 1 amide bonds. The molecule has 1 N–H and O–H groups in total. The maximum Gasteiger partial charge on any atom is 0.337 e. The van der Waals surface area contributed by atoms with Gasteiger partial charge < -0.3 is 10.1 Å². The van der Waals surface area contributed by atoms with Crippen LogP contribution in [-0.4, -0.2) is 45.0 Å². The molecule has 1 aromatic heterocycles. The van der Waals surface area contributed by atoms with E-state index in [1.807, 2.05) is 0 Å². The van der Waals surface area contributed by atoms with Crippen LogP contribution in [0.25, 0.3) is 11.4 Å². The molecule has 0 aliphatic heterocycles. The second kappa shape index (κ2) is 8.87. The minimum Gasteiger partial charge on any atom is -0.465 e. The van der Waals surface area contributed by atoms with Crippen LogP contribution in [0.2, 0.25) is 0 Å². The Kier molecular flexibility index (Phi) is 6.08. The van der Waals surface area contributed by atoms with Crippen LogP contribution in [0.4, 0.5) is 5.69 Å². The highest BCUT2D eigenvalue weighted by molar-refractivity contribution is 5.97. The summed E-state index contributed by atoms with van der Waals surface area (Å²) in [6.07, 6.45) is 0.381. The molecule has 1 heterocycles. The quantitative estimate of drug-likeness (QED) is 0.484. The van der Waals surface area contributed by atoms with Crippen LogP contribution in [0.15, 0.2) is 48.5 Å². The largest absolute Gasteiger partial charge is 0.465 e. The molecule has 0 aliphatic rings. The minimum absolute atomic E-state index is 0.0755. The molecular formula is C20H19N5O4. The zero-order chi connectivity index (χ0) is 20.8. The van der Waals surface area contributed by atoms with E-state index in [4.69, 9.17) is 0 Å². The number of carbonyl (C=O) groups excluding carboxylic acids is 3. The van der Waals surface area contributed by atoms with Gasteiger partial charge in [-0.3, -0.25) is 9.59 Å². The molecule has 9 nitrogen and oxygen atoms in total. The number of hydrogen-bond donors (Lipinski definition) is 1. The number of nitrogens with zero attached hydrogens (tertiary/aromatic N) is 4. The first-order valence-electron chi connectivity index (χ1n) is 8.90. The average Bonchev–Trinajstić information content (AvgIpc) is 3.22. The van der Waals surface area contributed by atoms with Crippen molar-refractivity contribution in [3.63, 3.8) is 0 Å². The first-order chi connectivity index (χ1) is 14.0. The van der Waals surface area contributed by atoms with Crippen molar-refractivity contribution in [3.8, 4) is 11.4 Å². The first kappa shape index (κ1) is 19.9. The van der Waals surface area contributed by atoms with E-state index in [9.17, 15) is 14.4 Å². The van der Waals surface area contributed by atoms with Gasteiger partial charge in [0.2, 0.25) is 11.7 Å². The fourth-order valence-corrected chi connectivity index (χ4v) is 2.51. The van der Waals surface area contributed by atoms with E-state index in [0.717, 1.165) is 0 Å². The van der Waals surface area contributed by atoms with Crippen LogP contribution in [0.1, 0.15) is 34.1 Å². The summed E-state index contributed by atoms with van der Waals surface area (Å²) in [4.78, 5) is 36.5. The molecule has 29 heavy (non-hydrogen) atoms. The van der Waals surface area contributed by atoms with Crippen molar-refractivity contribution in [2.45, 2.75) is 19.9 Å². The molecule has 0 fully saturated rings. The molecule has 2 aromatic carbocycles. The van der Waals surface area contributed by atoms with Gasteiger partial charge in [0, 0.05) is 23.2 Å². The van der Waals surface area contributed by atoms with Crippen molar-refractivity contribution in [2.24, 2.45) is 0 Å². The highest BCUT2D eigenvalue weighted by atomic mass is 16.5. The number of ketones is 1. The second-order valence-corrected chi connectivity index (χ2v) is 6.11. The third-order valence-corrected chi connectivity index (χ3v) is 4.11. The van der Waals surface area contributed by atoms with Gasteiger partial charge in [0.15, 0.2) is 5.78 Å².